The molecule has 10 rings (SSSR count). The molecule has 0 amide bonds. The Balaban J connectivity index is 1.08. The van der Waals surface area contributed by atoms with E-state index in [2.05, 4.69) is 229 Å². The van der Waals surface area contributed by atoms with Crippen molar-refractivity contribution >= 4 is 60.2 Å². The highest BCUT2D eigenvalue weighted by molar-refractivity contribution is 6.15. The molecule has 270 valence electrons. The largest absolute Gasteiger partial charge is 0.316 e. The van der Waals surface area contributed by atoms with Gasteiger partial charge in [-0.1, -0.05) is 152 Å². The topological polar surface area (TPSA) is 9.86 Å². The Bertz CT molecular complexity index is 3160. The van der Waals surface area contributed by atoms with Crippen LogP contribution in [0.5, 0.6) is 0 Å². The van der Waals surface area contributed by atoms with E-state index in [9.17, 15) is 0 Å². The van der Waals surface area contributed by atoms with Gasteiger partial charge >= 0.3 is 0 Å². The van der Waals surface area contributed by atoms with Crippen molar-refractivity contribution in [2.75, 3.05) is 0 Å². The van der Waals surface area contributed by atoms with Gasteiger partial charge in [0.15, 0.2) is 0 Å². The summed E-state index contributed by atoms with van der Waals surface area (Å²) in [6.45, 7) is 6.64. The van der Waals surface area contributed by atoms with Crippen LogP contribution in [0.1, 0.15) is 23.6 Å². The number of aromatic nitrogens is 2. The highest BCUT2D eigenvalue weighted by atomic mass is 15.0. The highest BCUT2D eigenvalue weighted by Gasteiger charge is 2.17. The Hall–Kier alpha value is -7.42. The van der Waals surface area contributed by atoms with E-state index in [0.29, 0.717) is 0 Å². The molecule has 0 fully saturated rings. The van der Waals surface area contributed by atoms with E-state index >= 15 is 0 Å². The summed E-state index contributed by atoms with van der Waals surface area (Å²) in [7, 11) is 0. The first-order chi connectivity index (χ1) is 28.1. The van der Waals surface area contributed by atoms with Gasteiger partial charge < -0.3 is 9.13 Å². The quantitative estimate of drug-likeness (QED) is 0.138. The summed E-state index contributed by atoms with van der Waals surface area (Å²) in [6.07, 6.45) is 6.67. The third kappa shape index (κ3) is 6.18. The zero-order valence-corrected chi connectivity index (χ0v) is 31.8. The first-order valence-electron chi connectivity index (χ1n) is 19.5. The van der Waals surface area contributed by atoms with Crippen LogP contribution in [0.4, 0.5) is 0 Å². The summed E-state index contributed by atoms with van der Waals surface area (Å²) >= 11 is 0. The van der Waals surface area contributed by atoms with E-state index in [1.54, 1.807) is 0 Å². The maximum Gasteiger partial charge on any atom is 0.0607 e. The first kappa shape index (κ1) is 34.1. The molecule has 0 N–H and O–H groups in total. The predicted molar refractivity (Wildman–Crippen MR) is 244 cm³/mol. The minimum atomic E-state index is 0.977. The van der Waals surface area contributed by atoms with Gasteiger partial charge in [-0.3, -0.25) is 0 Å². The summed E-state index contributed by atoms with van der Waals surface area (Å²) in [5, 5.41) is 6.19. The van der Waals surface area contributed by atoms with Gasteiger partial charge in [-0.05, 0) is 118 Å². The average molecular weight is 729 g/mol. The van der Waals surface area contributed by atoms with Gasteiger partial charge in [0, 0.05) is 39.1 Å². The fraction of sp³-hybridized carbons (Fsp3) is 0.0182. The standard InChI is InChI=1S/C55H40N2/c1-38(40-16-6-3-7-17-40)34-45(35-39(2)41-18-8-4-9-19-41)42-26-29-47(30-27-42)57-53-25-15-14-23-49(53)52-36-43(28-31-54(52)57)51-37-44-32-33-56(46-20-10-5-11-21-46)55(44)50-24-13-12-22-48(50)51/h3-37H,1H2,2H3/b39-35+,45-34+. The van der Waals surface area contributed by atoms with E-state index in [1.165, 1.54) is 65.7 Å². The smallest absolute Gasteiger partial charge is 0.0607 e. The van der Waals surface area contributed by atoms with E-state index in [0.717, 1.165) is 33.6 Å². The lowest BCUT2D eigenvalue weighted by Crippen LogP contribution is -1.95. The highest BCUT2D eigenvalue weighted by Crippen LogP contribution is 2.40. The molecule has 57 heavy (non-hydrogen) atoms. The van der Waals surface area contributed by atoms with Gasteiger partial charge in [0.1, 0.15) is 0 Å². The minimum Gasteiger partial charge on any atom is -0.316 e. The van der Waals surface area contributed by atoms with Crippen molar-refractivity contribution < 1.29 is 0 Å². The van der Waals surface area contributed by atoms with Crippen molar-refractivity contribution in [3.05, 3.63) is 236 Å². The fourth-order valence-corrected chi connectivity index (χ4v) is 8.42. The number of allylic oxidation sites excluding steroid dienone is 5. The van der Waals surface area contributed by atoms with E-state index < -0.39 is 0 Å². The Morgan fingerprint density at radius 1 is 0.474 bits per heavy atom. The van der Waals surface area contributed by atoms with Gasteiger partial charge in [0.2, 0.25) is 0 Å². The van der Waals surface area contributed by atoms with Gasteiger partial charge in [-0.2, -0.15) is 0 Å². The maximum absolute atomic E-state index is 4.46. The molecule has 0 spiro atoms. The molecule has 2 aromatic heterocycles. The van der Waals surface area contributed by atoms with Crippen molar-refractivity contribution in [2.24, 2.45) is 0 Å². The van der Waals surface area contributed by atoms with Crippen molar-refractivity contribution in [3.8, 4) is 22.5 Å². The Morgan fingerprint density at radius 2 is 1.09 bits per heavy atom. The lowest BCUT2D eigenvalue weighted by molar-refractivity contribution is 1.13. The van der Waals surface area contributed by atoms with Gasteiger partial charge in [0.05, 0.1) is 16.6 Å². The van der Waals surface area contributed by atoms with E-state index in [-0.39, 0.29) is 0 Å². The molecule has 0 saturated heterocycles. The summed E-state index contributed by atoms with van der Waals surface area (Å²) < 4.78 is 4.71. The summed E-state index contributed by atoms with van der Waals surface area (Å²) in [5.41, 5.74) is 15.1. The number of benzene rings is 8. The minimum absolute atomic E-state index is 0.977. The van der Waals surface area contributed by atoms with Crippen molar-refractivity contribution in [1.29, 1.82) is 0 Å². The SMILES string of the molecule is C=C(/C=C(\C=C(/C)c1ccccc1)c1ccc(-n2c3ccccc3c3cc(-c4cc5ccn(-c6ccccc6)c5c5ccccc45)ccc32)cc1)c1ccccc1. The summed E-state index contributed by atoms with van der Waals surface area (Å²) in [5.74, 6) is 0. The molecule has 0 saturated carbocycles. The predicted octanol–water partition coefficient (Wildman–Crippen LogP) is 14.7. The average Bonchev–Trinajstić information content (AvgIpc) is 3.86. The van der Waals surface area contributed by atoms with Crippen LogP contribution < -0.4 is 0 Å². The monoisotopic (exact) mass is 728 g/mol. The summed E-state index contributed by atoms with van der Waals surface area (Å²) in [6, 6.07) is 69.7. The molecule has 0 aliphatic heterocycles. The van der Waals surface area contributed by atoms with Crippen LogP contribution in [0.15, 0.2) is 219 Å². The molecule has 2 nitrogen and oxygen atoms in total. The second-order valence-corrected chi connectivity index (χ2v) is 14.7. The van der Waals surface area contributed by atoms with Crippen LogP contribution >= 0.6 is 0 Å². The molecular formula is C55H40N2. The molecule has 0 radical (unpaired) electrons. The van der Waals surface area contributed by atoms with Gasteiger partial charge in [-0.25, -0.2) is 0 Å². The number of hydrogen-bond donors (Lipinski definition) is 0. The van der Waals surface area contributed by atoms with Gasteiger partial charge in [0.25, 0.3) is 0 Å². The normalized spacial score (nSPS) is 12.2. The van der Waals surface area contributed by atoms with E-state index in [1.807, 2.05) is 6.07 Å². The molecular weight excluding hydrogens is 689 g/mol. The van der Waals surface area contributed by atoms with Crippen molar-refractivity contribution in [1.82, 2.24) is 9.13 Å². The second kappa shape index (κ2) is 14.3. The zero-order valence-electron chi connectivity index (χ0n) is 31.8. The third-order valence-electron chi connectivity index (χ3n) is 11.2. The molecule has 0 aliphatic rings. The van der Waals surface area contributed by atoms with Crippen LogP contribution in [-0.4, -0.2) is 9.13 Å². The number of para-hydroxylation sites is 2. The molecule has 2 heteroatoms. The lowest BCUT2D eigenvalue weighted by atomic mass is 9.95. The number of hydrogen-bond acceptors (Lipinski definition) is 0. The maximum atomic E-state index is 4.46. The molecule has 0 unspecified atom stereocenters. The zero-order chi connectivity index (χ0) is 38.3. The number of fused-ring (bicyclic) bond motifs is 6. The Kier molecular flexibility index (Phi) is 8.58. The molecule has 0 aliphatic carbocycles. The van der Waals surface area contributed by atoms with Crippen LogP contribution in [0.2, 0.25) is 0 Å². The van der Waals surface area contributed by atoms with E-state index in [4.69, 9.17) is 0 Å². The molecule has 8 aromatic carbocycles. The molecule has 0 bridgehead atoms. The van der Waals surface area contributed by atoms with Crippen LogP contribution in [0.25, 0.3) is 82.7 Å². The van der Waals surface area contributed by atoms with Crippen LogP contribution in [-0.2, 0) is 0 Å². The first-order valence-corrected chi connectivity index (χ1v) is 19.5. The Morgan fingerprint density at radius 3 is 1.82 bits per heavy atom. The molecule has 2 heterocycles. The fourth-order valence-electron chi connectivity index (χ4n) is 8.42. The van der Waals surface area contributed by atoms with Crippen LogP contribution in [0, 0.1) is 0 Å². The molecule has 10 aromatic rings. The van der Waals surface area contributed by atoms with Crippen LogP contribution in [0.3, 0.4) is 0 Å². The van der Waals surface area contributed by atoms with Crippen molar-refractivity contribution in [2.45, 2.75) is 6.92 Å². The number of nitrogens with zero attached hydrogens (tertiary/aromatic N) is 2. The lowest BCUT2D eigenvalue weighted by Gasteiger charge is -2.13. The van der Waals surface area contributed by atoms with Gasteiger partial charge in [-0.15, -0.1) is 0 Å². The molecule has 0 atom stereocenters. The second-order valence-electron chi connectivity index (χ2n) is 14.7. The third-order valence-corrected chi connectivity index (χ3v) is 11.2. The van der Waals surface area contributed by atoms with Crippen molar-refractivity contribution in [3.63, 3.8) is 0 Å². The Labute approximate surface area is 333 Å². The number of rotatable bonds is 8. The summed E-state index contributed by atoms with van der Waals surface area (Å²) in [4.78, 5) is 0.